The largest absolute Gasteiger partial charge is 0.497 e. The lowest BCUT2D eigenvalue weighted by atomic mass is 9.83. The van der Waals surface area contributed by atoms with Crippen LogP contribution in [0.1, 0.15) is 136 Å². The summed E-state index contributed by atoms with van der Waals surface area (Å²) in [7, 11) is 6.66. The number of likely N-dealkylation sites (N-methyl/N-ethyl adjacent to an activating group) is 2. The van der Waals surface area contributed by atoms with Crippen LogP contribution in [-0.2, 0) is 41.6 Å². The average Bonchev–Trinajstić information content (AvgIpc) is 2.19. The van der Waals surface area contributed by atoms with E-state index in [1.165, 1.54) is 0 Å². The summed E-state index contributed by atoms with van der Waals surface area (Å²) in [6.07, 6.45) is 13.7. The molecule has 4 fully saturated rings. The monoisotopic (exact) mass is 1240 g/mol. The lowest BCUT2D eigenvalue weighted by Gasteiger charge is -2.37. The van der Waals surface area contributed by atoms with Crippen LogP contribution in [-0.4, -0.2) is 184 Å². The molecule has 8 amide bonds. The lowest BCUT2D eigenvalue weighted by molar-refractivity contribution is -0.141. The summed E-state index contributed by atoms with van der Waals surface area (Å²) in [6, 6.07) is 26.5. The molecule has 2 aliphatic heterocycles. The van der Waals surface area contributed by atoms with Crippen molar-refractivity contribution >= 4 is 47.3 Å². The Balaban J connectivity index is 0.879. The molecular weight excluding hydrogens is 1140 g/mol. The summed E-state index contributed by atoms with van der Waals surface area (Å²) in [5.41, 5.74) is 4.29. The molecule has 8 rings (SSSR count). The van der Waals surface area contributed by atoms with Gasteiger partial charge >= 0.3 is 0 Å². The maximum atomic E-state index is 14.6. The molecule has 20 nitrogen and oxygen atoms in total. The standard InChI is InChI=1S/C70H96N10O10/c1-47(71-3)65(83)75-63(53-15-9-7-10-16-53)69(87)79-39-13-19-57(79)45-77(41-37-49-21-33-59(89-5)34-22-49)61(81)43-73-67(85)55-29-25-51(26-30-55)52-27-31-56(32-28-52)68(86)74-44-62(82)78(42-38-50-23-35-60(90-6)36-24-50)46-58-20-14-40-80(58)70(88)64(54-17-11-8-12-18-54)76-66(84)48(2)72-4/h21-36,47-48,53-54,57-58,63-64,71-72H,7-20,37-46H2,1-6H3,(H,73,85)(H,74,86)(H,75,83)(H,76,84)/t47-,48-,57-,58-,63-,64-/m0/s1. The molecule has 2 heterocycles. The highest BCUT2D eigenvalue weighted by Crippen LogP contribution is 2.32. The van der Waals surface area contributed by atoms with Crippen LogP contribution in [0.15, 0.2) is 97.1 Å². The van der Waals surface area contributed by atoms with Crippen molar-refractivity contribution in [3.8, 4) is 22.6 Å². The topological polar surface area (TPSA) is 240 Å². The first-order valence-corrected chi connectivity index (χ1v) is 32.7. The molecule has 6 atom stereocenters. The normalized spacial score (nSPS) is 18.3. The van der Waals surface area contributed by atoms with Gasteiger partial charge in [-0.3, -0.25) is 38.4 Å². The Morgan fingerprint density at radius 1 is 0.478 bits per heavy atom. The van der Waals surface area contributed by atoms with Crippen molar-refractivity contribution in [2.24, 2.45) is 11.8 Å². The Kier molecular flexibility index (Phi) is 25.6. The van der Waals surface area contributed by atoms with Crippen LogP contribution < -0.4 is 41.4 Å². The molecular formula is C70H96N10O10. The summed E-state index contributed by atoms with van der Waals surface area (Å²) in [6.45, 7) is 5.35. The number of likely N-dealkylation sites (tertiary alicyclic amines) is 2. The molecule has 0 aromatic heterocycles. The summed E-state index contributed by atoms with van der Waals surface area (Å²) in [5.74, 6) is -0.546. The number of carbonyl (C=O) groups excluding carboxylic acids is 8. The van der Waals surface area contributed by atoms with Crippen LogP contribution in [0.4, 0.5) is 0 Å². The molecule has 4 aromatic rings. The van der Waals surface area contributed by atoms with Crippen LogP contribution in [0, 0.1) is 11.8 Å². The molecule has 0 spiro atoms. The van der Waals surface area contributed by atoms with Gasteiger partial charge in [0.25, 0.3) is 11.8 Å². The van der Waals surface area contributed by atoms with Crippen molar-refractivity contribution in [3.63, 3.8) is 0 Å². The highest BCUT2D eigenvalue weighted by molar-refractivity contribution is 5.98. The van der Waals surface area contributed by atoms with E-state index in [-0.39, 0.29) is 85.5 Å². The minimum atomic E-state index is -0.651. The molecule has 0 unspecified atom stereocenters. The van der Waals surface area contributed by atoms with Crippen molar-refractivity contribution < 1.29 is 47.8 Å². The number of rotatable bonds is 29. The molecule has 0 bridgehead atoms. The molecule has 2 saturated heterocycles. The Hall–Kier alpha value is -7.84. The summed E-state index contributed by atoms with van der Waals surface area (Å²) in [4.78, 5) is 119. The quantitative estimate of drug-likeness (QED) is 0.0351. The van der Waals surface area contributed by atoms with Gasteiger partial charge in [0, 0.05) is 62.5 Å². The fourth-order valence-corrected chi connectivity index (χ4v) is 13.1. The molecule has 90 heavy (non-hydrogen) atoms. The third-order valence-corrected chi connectivity index (χ3v) is 19.0. The lowest BCUT2D eigenvalue weighted by Crippen LogP contribution is -2.57. The summed E-state index contributed by atoms with van der Waals surface area (Å²) < 4.78 is 10.7. The Labute approximate surface area is 531 Å². The van der Waals surface area contributed by atoms with E-state index in [0.29, 0.717) is 63.0 Å². The van der Waals surface area contributed by atoms with Gasteiger partial charge in [0.1, 0.15) is 23.6 Å². The number of ether oxygens (including phenoxy) is 2. The van der Waals surface area contributed by atoms with Gasteiger partial charge in [-0.15, -0.1) is 0 Å². The second kappa shape index (κ2) is 33.8. The van der Waals surface area contributed by atoms with E-state index in [1.54, 1.807) is 100 Å². The molecule has 2 saturated carbocycles. The van der Waals surface area contributed by atoms with Gasteiger partial charge in [0.05, 0.1) is 39.4 Å². The fraction of sp³-hybridized carbons (Fsp3) is 0.543. The second-order valence-electron chi connectivity index (χ2n) is 24.8. The first-order chi connectivity index (χ1) is 43.6. The van der Waals surface area contributed by atoms with Crippen LogP contribution in [0.2, 0.25) is 0 Å². The molecule has 0 radical (unpaired) electrons. The van der Waals surface area contributed by atoms with E-state index in [0.717, 1.165) is 111 Å². The number of hydrogen-bond donors (Lipinski definition) is 6. The van der Waals surface area contributed by atoms with Gasteiger partial charge in [0.2, 0.25) is 35.4 Å². The average molecular weight is 1240 g/mol. The fourth-order valence-electron chi connectivity index (χ4n) is 13.1. The zero-order chi connectivity index (χ0) is 64.1. The summed E-state index contributed by atoms with van der Waals surface area (Å²) >= 11 is 0. The molecule has 4 aliphatic rings. The zero-order valence-corrected chi connectivity index (χ0v) is 53.7. The zero-order valence-electron chi connectivity index (χ0n) is 53.7. The molecule has 4 aromatic carbocycles. The van der Waals surface area contributed by atoms with E-state index in [1.807, 2.05) is 58.3 Å². The number of amides is 8. The number of carbonyl (C=O) groups is 8. The highest BCUT2D eigenvalue weighted by atomic mass is 16.5. The third-order valence-electron chi connectivity index (χ3n) is 19.0. The Morgan fingerprint density at radius 2 is 0.833 bits per heavy atom. The van der Waals surface area contributed by atoms with E-state index >= 15 is 0 Å². The van der Waals surface area contributed by atoms with Crippen molar-refractivity contribution in [3.05, 3.63) is 119 Å². The first kappa shape index (κ1) is 68.1. The van der Waals surface area contributed by atoms with Crippen LogP contribution in [0.3, 0.4) is 0 Å². The minimum Gasteiger partial charge on any atom is -0.497 e. The van der Waals surface area contributed by atoms with Gasteiger partial charge in [0.15, 0.2) is 0 Å². The number of nitrogens with zero attached hydrogens (tertiary/aromatic N) is 4. The minimum absolute atomic E-state index is 0.0341. The van der Waals surface area contributed by atoms with E-state index < -0.39 is 36.0 Å². The van der Waals surface area contributed by atoms with Gasteiger partial charge in [-0.1, -0.05) is 87.1 Å². The molecule has 20 heteroatoms. The maximum absolute atomic E-state index is 14.6. The Morgan fingerprint density at radius 3 is 1.17 bits per heavy atom. The first-order valence-electron chi connectivity index (χ1n) is 32.7. The molecule has 2 aliphatic carbocycles. The van der Waals surface area contributed by atoms with Gasteiger partial charge < -0.3 is 61.0 Å². The van der Waals surface area contributed by atoms with Crippen molar-refractivity contribution in [2.75, 3.05) is 80.7 Å². The van der Waals surface area contributed by atoms with Crippen molar-refractivity contribution in [1.29, 1.82) is 0 Å². The molecule has 486 valence electrons. The Bertz CT molecular complexity index is 2820. The van der Waals surface area contributed by atoms with Crippen LogP contribution in [0.25, 0.3) is 11.1 Å². The number of nitrogens with one attached hydrogen (secondary N) is 6. The molecule has 6 N–H and O–H groups in total. The number of methoxy groups -OCH3 is 2. The number of benzene rings is 4. The van der Waals surface area contributed by atoms with Gasteiger partial charge in [-0.25, -0.2) is 0 Å². The highest BCUT2D eigenvalue weighted by Gasteiger charge is 2.42. The smallest absolute Gasteiger partial charge is 0.251 e. The maximum Gasteiger partial charge on any atom is 0.251 e. The predicted molar refractivity (Wildman–Crippen MR) is 347 cm³/mol. The van der Waals surface area contributed by atoms with Crippen molar-refractivity contribution in [2.45, 2.75) is 153 Å². The van der Waals surface area contributed by atoms with Crippen molar-refractivity contribution in [1.82, 2.24) is 51.5 Å². The van der Waals surface area contributed by atoms with E-state index in [2.05, 4.69) is 31.9 Å². The SMILES string of the molecule is CN[C@@H](C)C(=O)N[C@H](C(=O)N1CCC[C@H]1CN(CCc1ccc(OC)cc1)C(=O)CNC(=O)c1ccc(-c2ccc(C(=O)NCC(=O)N(CCc3ccc(OC)cc3)C[C@@H]3CCCN3C(=O)[C@@H](NC(=O)[C@H](C)NC)C3CCCCC3)cc2)cc1)C1CCCCC1. The van der Waals surface area contributed by atoms with E-state index in [4.69, 9.17) is 9.47 Å². The van der Waals surface area contributed by atoms with Crippen LogP contribution >= 0.6 is 0 Å². The number of hydrogen-bond acceptors (Lipinski definition) is 12. The van der Waals surface area contributed by atoms with Gasteiger partial charge in [-0.2, -0.15) is 0 Å². The van der Waals surface area contributed by atoms with Crippen LogP contribution in [0.5, 0.6) is 11.5 Å². The second-order valence-corrected chi connectivity index (χ2v) is 24.8. The summed E-state index contributed by atoms with van der Waals surface area (Å²) in [5, 5.41) is 17.9. The third kappa shape index (κ3) is 18.6. The van der Waals surface area contributed by atoms with E-state index in [9.17, 15) is 38.4 Å². The van der Waals surface area contributed by atoms with Gasteiger partial charge in [-0.05, 0) is 175 Å². The predicted octanol–water partition coefficient (Wildman–Crippen LogP) is 6.30.